The summed E-state index contributed by atoms with van der Waals surface area (Å²) in [6.45, 7) is 4.08. The van der Waals surface area contributed by atoms with Gasteiger partial charge in [0.15, 0.2) is 0 Å². The third-order valence-electron chi connectivity index (χ3n) is 6.71. The van der Waals surface area contributed by atoms with Gasteiger partial charge in [-0.15, -0.1) is 0 Å². The van der Waals surface area contributed by atoms with Gasteiger partial charge in [-0.2, -0.15) is 0 Å². The van der Waals surface area contributed by atoms with Gasteiger partial charge in [0.05, 0.1) is 47.7 Å². The van der Waals surface area contributed by atoms with Crippen LogP contribution in [0.1, 0.15) is 34.6 Å². The van der Waals surface area contributed by atoms with Crippen LogP contribution in [0, 0.1) is 0 Å². The van der Waals surface area contributed by atoms with E-state index in [9.17, 15) is 9.90 Å². The molecule has 0 atom stereocenters. The van der Waals surface area contributed by atoms with Crippen LogP contribution in [0.25, 0.3) is 11.3 Å². The number of hydrogen-bond acceptors (Lipinski definition) is 7. The highest BCUT2D eigenvalue weighted by Gasteiger charge is 2.28. The fourth-order valence-electron chi connectivity index (χ4n) is 4.91. The lowest BCUT2D eigenvalue weighted by atomic mass is 9.99. The molecule has 6 rings (SSSR count). The highest BCUT2D eigenvalue weighted by Crippen LogP contribution is 2.36. The van der Waals surface area contributed by atoms with E-state index in [0.717, 1.165) is 66.5 Å². The third kappa shape index (κ3) is 3.63. The highest BCUT2D eigenvalue weighted by molar-refractivity contribution is 6.06. The van der Waals surface area contributed by atoms with Crippen molar-refractivity contribution < 1.29 is 14.6 Å². The molecule has 2 aromatic heterocycles. The number of aliphatic hydroxyl groups excluding tert-OH is 1. The molecule has 3 aliphatic heterocycles. The Labute approximate surface area is 191 Å². The summed E-state index contributed by atoms with van der Waals surface area (Å²) in [5.74, 6) is 1.51. The fourth-order valence-corrected chi connectivity index (χ4v) is 4.91. The third-order valence-corrected chi connectivity index (χ3v) is 6.71. The van der Waals surface area contributed by atoms with Crippen molar-refractivity contribution in [3.8, 4) is 11.3 Å². The van der Waals surface area contributed by atoms with Crippen LogP contribution in [0.2, 0.25) is 0 Å². The summed E-state index contributed by atoms with van der Waals surface area (Å²) in [5.41, 5.74) is 5.45. The molecular weight excluding hydrogens is 420 g/mol. The van der Waals surface area contributed by atoms with E-state index in [-0.39, 0.29) is 12.0 Å². The molecule has 0 bridgehead atoms. The number of nitrogens with zero attached hydrogens (tertiary/aromatic N) is 4. The number of hydrogen-bond donors (Lipinski definition) is 3. The second-order valence-electron chi connectivity index (χ2n) is 8.71. The van der Waals surface area contributed by atoms with E-state index >= 15 is 0 Å². The monoisotopic (exact) mass is 446 g/mol. The van der Waals surface area contributed by atoms with E-state index in [1.807, 2.05) is 30.6 Å². The minimum absolute atomic E-state index is 0.0837. The molecule has 1 saturated heterocycles. The maximum absolute atomic E-state index is 12.7. The number of anilines is 3. The van der Waals surface area contributed by atoms with E-state index < -0.39 is 0 Å². The highest BCUT2D eigenvalue weighted by atomic mass is 16.5. The number of pyridine rings is 1. The smallest absolute Gasteiger partial charge is 0.254 e. The lowest BCUT2D eigenvalue weighted by Crippen LogP contribution is -2.35. The van der Waals surface area contributed by atoms with Gasteiger partial charge in [0.25, 0.3) is 5.91 Å². The summed E-state index contributed by atoms with van der Waals surface area (Å²) < 4.78 is 7.69. The topological polar surface area (TPSA) is 105 Å². The quantitative estimate of drug-likeness (QED) is 0.565. The number of nitrogens with one attached hydrogen (secondary N) is 2. The normalized spacial score (nSPS) is 18.1. The van der Waals surface area contributed by atoms with E-state index in [0.29, 0.717) is 31.1 Å². The zero-order valence-corrected chi connectivity index (χ0v) is 18.3. The van der Waals surface area contributed by atoms with Crippen molar-refractivity contribution in [2.45, 2.75) is 38.6 Å². The molecule has 3 N–H and O–H groups in total. The molecule has 9 heteroatoms. The molecule has 170 valence electrons. The predicted octanol–water partition coefficient (Wildman–Crippen LogP) is 2.42. The van der Waals surface area contributed by atoms with Gasteiger partial charge in [-0.3, -0.25) is 4.79 Å². The number of amides is 1. The van der Waals surface area contributed by atoms with Crippen molar-refractivity contribution >= 4 is 23.1 Å². The Balaban J connectivity index is 1.28. The van der Waals surface area contributed by atoms with Crippen LogP contribution in [-0.4, -0.2) is 51.3 Å². The van der Waals surface area contributed by atoms with Crippen molar-refractivity contribution in [3.05, 3.63) is 53.6 Å². The number of aromatic nitrogens is 3. The van der Waals surface area contributed by atoms with Gasteiger partial charge in [-0.1, -0.05) is 6.07 Å². The summed E-state index contributed by atoms with van der Waals surface area (Å²) >= 11 is 0. The van der Waals surface area contributed by atoms with Gasteiger partial charge in [-0.25, -0.2) is 9.97 Å². The summed E-state index contributed by atoms with van der Waals surface area (Å²) in [6, 6.07) is 7.96. The van der Waals surface area contributed by atoms with Gasteiger partial charge < -0.3 is 29.9 Å². The van der Waals surface area contributed by atoms with Crippen LogP contribution in [0.15, 0.2) is 36.7 Å². The average molecular weight is 447 g/mol. The Bertz CT molecular complexity index is 1200. The Morgan fingerprint density at radius 3 is 2.79 bits per heavy atom. The Morgan fingerprint density at radius 2 is 1.97 bits per heavy atom. The van der Waals surface area contributed by atoms with Crippen molar-refractivity contribution in [1.82, 2.24) is 19.9 Å². The summed E-state index contributed by atoms with van der Waals surface area (Å²) in [4.78, 5) is 24.1. The van der Waals surface area contributed by atoms with Crippen LogP contribution in [-0.2, 0) is 24.4 Å². The lowest BCUT2D eigenvalue weighted by molar-refractivity contribution is 0.0821. The molecule has 33 heavy (non-hydrogen) atoms. The van der Waals surface area contributed by atoms with Crippen LogP contribution in [0.4, 0.5) is 17.2 Å². The van der Waals surface area contributed by atoms with E-state index in [1.165, 1.54) is 0 Å². The van der Waals surface area contributed by atoms with Gasteiger partial charge in [0.1, 0.15) is 18.2 Å². The Morgan fingerprint density at radius 1 is 1.09 bits per heavy atom. The van der Waals surface area contributed by atoms with E-state index in [2.05, 4.69) is 36.1 Å². The molecule has 0 aliphatic carbocycles. The molecule has 9 nitrogen and oxygen atoms in total. The molecule has 1 fully saturated rings. The van der Waals surface area contributed by atoms with Crippen LogP contribution < -0.4 is 15.5 Å². The summed E-state index contributed by atoms with van der Waals surface area (Å²) in [7, 11) is 0. The molecule has 0 radical (unpaired) electrons. The number of rotatable bonds is 4. The van der Waals surface area contributed by atoms with Gasteiger partial charge in [0.2, 0.25) is 0 Å². The average Bonchev–Trinajstić information content (AvgIpc) is 3.45. The number of ether oxygens (including phenoxy) is 1. The number of fused-ring (bicyclic) bond motifs is 2. The number of benzene rings is 1. The minimum atomic E-state index is -0.201. The molecule has 5 heterocycles. The van der Waals surface area contributed by atoms with Crippen molar-refractivity contribution in [2.24, 2.45) is 0 Å². The zero-order valence-electron chi connectivity index (χ0n) is 18.3. The summed E-state index contributed by atoms with van der Waals surface area (Å²) in [5, 5.41) is 16.0. The van der Waals surface area contributed by atoms with E-state index in [1.54, 1.807) is 0 Å². The second-order valence-corrected chi connectivity index (χ2v) is 8.71. The lowest BCUT2D eigenvalue weighted by Gasteiger charge is -2.31. The minimum Gasteiger partial charge on any atom is -0.393 e. The maximum atomic E-state index is 12.7. The number of imidazole rings is 1. The van der Waals surface area contributed by atoms with Gasteiger partial charge in [0, 0.05) is 31.7 Å². The second kappa shape index (κ2) is 8.17. The standard InChI is InChI=1S/C24H26N6O3/c31-16-5-7-29(8-6-16)15-1-4-21(25-11-15)28-19-3-2-17(18-12-27-24(32)23(18)19)20-13-26-22-14-33-10-9-30(20)22/h1-4,11,13,16,31H,5-10,12,14H2,(H,25,28)(H,27,32). The molecule has 1 amide bonds. The van der Waals surface area contributed by atoms with Gasteiger partial charge in [-0.05, 0) is 36.6 Å². The number of aliphatic hydroxyl groups is 1. The van der Waals surface area contributed by atoms with Crippen LogP contribution in [0.3, 0.4) is 0 Å². The first-order valence-corrected chi connectivity index (χ1v) is 11.4. The Hall–Kier alpha value is -3.43. The molecule has 3 aromatic rings. The van der Waals surface area contributed by atoms with Crippen molar-refractivity contribution in [1.29, 1.82) is 0 Å². The largest absolute Gasteiger partial charge is 0.393 e. The number of carbonyl (C=O) groups is 1. The van der Waals surface area contributed by atoms with Gasteiger partial charge >= 0.3 is 0 Å². The van der Waals surface area contributed by atoms with Crippen LogP contribution >= 0.6 is 0 Å². The van der Waals surface area contributed by atoms with Crippen molar-refractivity contribution in [3.63, 3.8) is 0 Å². The first-order chi connectivity index (χ1) is 16.2. The number of piperidine rings is 1. The van der Waals surface area contributed by atoms with Crippen molar-refractivity contribution in [2.75, 3.05) is 29.9 Å². The Kier molecular flexibility index (Phi) is 5.00. The zero-order chi connectivity index (χ0) is 22.4. The number of carbonyl (C=O) groups excluding carboxylic acids is 1. The summed E-state index contributed by atoms with van der Waals surface area (Å²) in [6.07, 6.45) is 5.07. The molecule has 0 spiro atoms. The molecule has 0 unspecified atom stereocenters. The van der Waals surface area contributed by atoms with Crippen LogP contribution in [0.5, 0.6) is 0 Å². The fraction of sp³-hybridized carbons (Fsp3) is 0.375. The maximum Gasteiger partial charge on any atom is 0.254 e. The van der Waals surface area contributed by atoms with E-state index in [4.69, 9.17) is 4.74 Å². The molecule has 0 saturated carbocycles. The first kappa shape index (κ1) is 20.2. The molecule has 3 aliphatic rings. The predicted molar refractivity (Wildman–Crippen MR) is 123 cm³/mol. The SMILES string of the molecule is O=C1NCc2c(-c3cnc4n3CCOC4)ccc(Nc3ccc(N4CCC(O)CC4)cn3)c21. The molecular formula is C24H26N6O3. The first-order valence-electron chi connectivity index (χ1n) is 11.4. The molecule has 1 aromatic carbocycles.